The van der Waals surface area contributed by atoms with Crippen LogP contribution in [0.1, 0.15) is 323 Å². The Bertz CT molecular complexity index is 5020. The van der Waals surface area contributed by atoms with Crippen molar-refractivity contribution in [2.75, 3.05) is 0 Å². The number of hydrogen-bond acceptors (Lipinski definition) is 19. The molecule has 0 spiro atoms. The van der Waals surface area contributed by atoms with Crippen LogP contribution in [0.2, 0.25) is 54.8 Å². The molecule has 6 saturated carbocycles. The van der Waals surface area contributed by atoms with Crippen LogP contribution >= 0.6 is 97.1 Å². The van der Waals surface area contributed by atoms with Crippen molar-refractivity contribution in [1.29, 1.82) is 5.41 Å². The van der Waals surface area contributed by atoms with E-state index in [1.807, 2.05) is 130 Å². The molecule has 0 heterocycles. The molecule has 0 radical (unpaired) electrons. The third-order valence-corrected chi connectivity index (χ3v) is 27.8. The van der Waals surface area contributed by atoms with Crippen LogP contribution < -0.4 is 28.3 Å². The molecule has 24 nitrogen and oxygen atoms in total. The number of benzene rings is 7. The van der Waals surface area contributed by atoms with E-state index in [1.165, 1.54) is 12.8 Å². The summed E-state index contributed by atoms with van der Waals surface area (Å²) < 4.78 is 16.9. The number of carboxylic acid groups (broad SMARTS) is 2. The molecule has 0 bridgehead atoms. The van der Waals surface area contributed by atoms with Crippen LogP contribution in [0.3, 0.4) is 0 Å². The van der Waals surface area contributed by atoms with Crippen LogP contribution in [0.15, 0.2) is 182 Å². The number of aliphatic hydroxyl groups is 3. The first-order valence-electron chi connectivity index (χ1n) is 44.7. The SMILES string of the molecule is C.C.C.C.C.C.C.C.CC(C)(C)OC(=O)N[C@@]1(c2ccccc2Cl)CCCC=C1O[Si](C)(C)C.CC(C)(C)OC(=O)N[C@@]1(c2ccccc2Cl)CCCCC1=O.N.N=C(c1ccccc1Cl)C1(O)CCCC1.NC1(c2ccccc2Cl)CCCCC1=O.N[C@@]1(c2ccccc2Cl)CCCCC1=O.O.O=C(O)[C@H](O)[C@@H](O)C(=O)O.O=C(c1ccccc1Cl)C1(Br)CCCC1.O=C(c1ccccc1Cl)C1CCCC1. The number of aliphatic hydroxyl groups excluding tert-OH is 2. The highest BCUT2D eigenvalue weighted by Gasteiger charge is 2.48. The van der Waals surface area contributed by atoms with Crippen molar-refractivity contribution in [1.82, 2.24) is 16.8 Å². The summed E-state index contributed by atoms with van der Waals surface area (Å²) in [5.41, 5.74) is 11.9. The molecule has 0 aliphatic heterocycles. The molecule has 142 heavy (non-hydrogen) atoms. The van der Waals surface area contributed by atoms with E-state index in [9.17, 15) is 48.3 Å². The minimum absolute atomic E-state index is 0. The normalized spacial score (nSPS) is 19.8. The Morgan fingerprint density at radius 3 is 1.08 bits per heavy atom. The van der Waals surface area contributed by atoms with Gasteiger partial charge in [0.25, 0.3) is 0 Å². The maximum absolute atomic E-state index is 12.7. The van der Waals surface area contributed by atoms with Gasteiger partial charge in [0.05, 0.1) is 20.1 Å². The van der Waals surface area contributed by atoms with Gasteiger partial charge >= 0.3 is 24.1 Å². The van der Waals surface area contributed by atoms with E-state index in [0.29, 0.717) is 115 Å². The van der Waals surface area contributed by atoms with E-state index in [1.54, 1.807) is 81.4 Å². The van der Waals surface area contributed by atoms with E-state index in [4.69, 9.17) is 132 Å². The first-order chi connectivity index (χ1) is 62.0. The van der Waals surface area contributed by atoms with E-state index in [2.05, 4.69) is 52.3 Å². The van der Waals surface area contributed by atoms with Crippen molar-refractivity contribution >= 4 is 164 Å². The minimum atomic E-state index is -2.27. The summed E-state index contributed by atoms with van der Waals surface area (Å²) >= 11 is 46.6. The standard InChI is InChI=1S/C20H30ClNO3Si.C17H22ClNO3.C12H12BrClO.3C12H14ClNO.C12H13ClO.C4H6O6.8CH4.H3N.H2O/c1-19(2,3)24-18(23)22-20(15-11-7-8-12-16(15)21)14-10-9-13-17(20)25-26(4,5)6;1-16(2,3)22-15(21)19-17(11-7-6-10-14(17)20)12-8-4-5-9-13(12)18;13-12(7-3-4-8-12)11(15)9-5-1-2-6-10(9)14;13-10-6-2-1-5-9(10)11(14)12(15)7-3-4-8-12;2*13-10-6-2-1-5-9(10)12(14)8-4-3-7-11(12)15;13-11-8-4-3-7-10(11)12(14)9-5-1-2-6-9;5-1(3(7)8)2(6)4(9)10;;;;;;;;;;/h7-8,11-13H,9-10,14H2,1-6H3,(H,22,23);4-5,8-9H,6-7,10-11H2,1-3H3,(H,19,21);1-2,5-6H,3-4,7-8H2;1-2,5-6,14-15H,3-4,7-8H2;2*1-2,5-6H,3-4,7-8,14H2;3-4,7-9H,1-2,5-6H2;1-2,5-6H,(H,7,8)(H,9,10);8*1H4;1H3;1H2/t20-;17-;;;12-;;;1-,2-;;;;;;;;;;/m11..1..1........../s1. The molecule has 7 aromatic carbocycles. The Morgan fingerprint density at radius 1 is 0.430 bits per heavy atom. The Hall–Kier alpha value is -7.97. The average molecular weight is 2200 g/mol. The fourth-order valence-electron chi connectivity index (χ4n) is 16.7. The number of halogens is 8. The zero-order valence-corrected chi connectivity index (χ0v) is 85.5. The monoisotopic (exact) mass is 2190 g/mol. The molecule has 0 saturated heterocycles. The topological polar surface area (TPSA) is 449 Å². The largest absolute Gasteiger partial charge is 0.546 e. The Balaban J connectivity index is -0.000000768. The highest BCUT2D eigenvalue weighted by Crippen LogP contribution is 2.46. The van der Waals surface area contributed by atoms with Crippen molar-refractivity contribution in [3.8, 4) is 0 Å². The van der Waals surface area contributed by atoms with Gasteiger partial charge in [0, 0.05) is 78.1 Å². The van der Waals surface area contributed by atoms with Gasteiger partial charge < -0.3 is 78.6 Å². The molecular formula is C109H162BrCl7N6O18Si. The number of amides is 2. The predicted molar refractivity (Wildman–Crippen MR) is 592 cm³/mol. The second kappa shape index (κ2) is 63.5. The molecule has 6 fully saturated rings. The van der Waals surface area contributed by atoms with Crippen molar-refractivity contribution in [3.05, 3.63) is 256 Å². The number of alkyl carbamates (subject to hydrolysis) is 2. The smallest absolute Gasteiger partial charge is 0.408 e. The van der Waals surface area contributed by atoms with Gasteiger partial charge in [0.1, 0.15) is 44.7 Å². The molecular weight excluding hydrogens is 2040 g/mol. The van der Waals surface area contributed by atoms with Crippen molar-refractivity contribution in [2.45, 2.75) is 349 Å². The fourth-order valence-corrected chi connectivity index (χ4v) is 20.3. The Morgan fingerprint density at radius 2 is 0.732 bits per heavy atom. The summed E-state index contributed by atoms with van der Waals surface area (Å²) in [6.07, 6.45) is 20.0. The number of nitrogens with one attached hydrogen (secondary N) is 3. The van der Waals surface area contributed by atoms with Crippen LogP contribution in [0.5, 0.6) is 0 Å². The minimum Gasteiger partial charge on any atom is -0.546 e. The van der Waals surface area contributed by atoms with E-state index in [0.717, 1.165) is 125 Å². The number of ether oxygens (including phenoxy) is 2. The number of ketones is 5. The lowest BCUT2D eigenvalue weighted by Crippen LogP contribution is -2.54. The van der Waals surface area contributed by atoms with E-state index < -0.39 is 83.6 Å². The number of carboxylic acids is 2. The number of Topliss-reactive ketones (excluding diaryl/α,β-unsaturated/α-hetero) is 5. The van der Waals surface area contributed by atoms with E-state index in [-0.39, 0.29) is 116 Å². The van der Waals surface area contributed by atoms with Gasteiger partial charge in [0.15, 0.2) is 41.1 Å². The summed E-state index contributed by atoms with van der Waals surface area (Å²) in [5.74, 6) is -1.97. The summed E-state index contributed by atoms with van der Waals surface area (Å²) in [5, 5.41) is 60.7. The number of rotatable bonds is 17. The molecule has 6 atom stereocenters. The lowest BCUT2D eigenvalue weighted by atomic mass is 9.75. The molecule has 0 aromatic heterocycles. The Kier molecular flexibility index (Phi) is 62.8. The van der Waals surface area contributed by atoms with Gasteiger partial charge in [-0.1, -0.05) is 323 Å². The van der Waals surface area contributed by atoms with Crippen LogP contribution in [0, 0.1) is 11.3 Å². The molecule has 2 amide bonds. The number of allylic oxidation sites excluding steroid dienone is 1. The van der Waals surface area contributed by atoms with Gasteiger partial charge in [0.2, 0.25) is 8.32 Å². The lowest BCUT2D eigenvalue weighted by molar-refractivity contribution is -0.165. The molecule has 17 N–H and O–H groups in total. The summed E-state index contributed by atoms with van der Waals surface area (Å²) in [6.45, 7) is 17.3. The molecule has 1 unspecified atom stereocenters. The number of hydrogen-bond donors (Lipinski definition) is 11. The first kappa shape index (κ1) is 140. The van der Waals surface area contributed by atoms with Crippen LogP contribution in [0.25, 0.3) is 0 Å². The summed E-state index contributed by atoms with van der Waals surface area (Å²) in [4.78, 5) is 105. The third kappa shape index (κ3) is 39.7. The summed E-state index contributed by atoms with van der Waals surface area (Å²) in [7, 11) is -1.89. The van der Waals surface area contributed by atoms with E-state index >= 15 is 0 Å². The fraction of sp³-hybridized carbons (Fsp3) is 0.505. The van der Waals surface area contributed by atoms with Gasteiger partial charge in [-0.2, -0.15) is 0 Å². The number of aliphatic carboxylic acids is 2. The van der Waals surface area contributed by atoms with Gasteiger partial charge in [-0.15, -0.1) is 0 Å². The zero-order chi connectivity index (χ0) is 97.8. The molecule has 33 heteroatoms. The molecule has 14 rings (SSSR count). The summed E-state index contributed by atoms with van der Waals surface area (Å²) in [6, 6.07) is 51.3. The maximum atomic E-state index is 12.7. The highest BCUT2D eigenvalue weighted by atomic mass is 79.9. The zero-order valence-electron chi connectivity index (χ0n) is 77.6. The second-order valence-electron chi connectivity index (χ2n) is 37.0. The number of alkyl halides is 1. The first-order valence-corrected chi connectivity index (χ1v) is 51.6. The van der Waals surface area contributed by atoms with Gasteiger partial charge in [-0.3, -0.25) is 24.0 Å². The Labute approximate surface area is 890 Å². The highest BCUT2D eigenvalue weighted by molar-refractivity contribution is 9.10. The molecule has 796 valence electrons. The van der Waals surface area contributed by atoms with Gasteiger partial charge in [-0.25, -0.2) is 19.2 Å². The number of carbonyl (C=O) groups excluding carboxylic acids is 7. The van der Waals surface area contributed by atoms with Gasteiger partial charge in [-0.05, 0) is 236 Å². The van der Waals surface area contributed by atoms with Crippen molar-refractivity contribution < 1.29 is 88.1 Å². The van der Waals surface area contributed by atoms with Crippen molar-refractivity contribution in [2.24, 2.45) is 17.4 Å². The molecule has 7 aliphatic rings. The lowest BCUT2D eigenvalue weighted by Gasteiger charge is -2.42. The molecule has 7 aromatic rings. The van der Waals surface area contributed by atoms with Crippen LogP contribution in [0.4, 0.5) is 9.59 Å². The average Bonchev–Trinajstić information content (AvgIpc) is 1.33. The third-order valence-electron chi connectivity index (χ3n) is 23.5. The maximum Gasteiger partial charge on any atom is 0.408 e. The second-order valence-corrected chi connectivity index (χ2v) is 45.8. The molecule has 7 aliphatic carbocycles. The predicted octanol–water partition coefficient (Wildman–Crippen LogP) is 28.7. The quantitative estimate of drug-likeness (QED) is 0.0175. The van der Waals surface area contributed by atoms with Crippen LogP contribution in [-0.2, 0) is 60.0 Å². The number of carbonyl (C=O) groups is 9. The van der Waals surface area contributed by atoms with Crippen molar-refractivity contribution in [3.63, 3.8) is 0 Å². The number of nitrogens with two attached hydrogens (primary N) is 2. The van der Waals surface area contributed by atoms with Crippen LogP contribution in [-0.4, -0.2) is 131 Å².